The molecule has 21 heavy (non-hydrogen) atoms. The fourth-order valence-corrected chi connectivity index (χ4v) is 4.27. The number of aromatic nitrogens is 1. The van der Waals surface area contributed by atoms with E-state index in [2.05, 4.69) is 20.7 Å². The Hall–Kier alpha value is -1.31. The fraction of sp³-hybridized carbons (Fsp3) is 0.154. The van der Waals surface area contributed by atoms with Gasteiger partial charge < -0.3 is 4.74 Å². The molecule has 1 heterocycles. The molecule has 0 bridgehead atoms. The van der Waals surface area contributed by atoms with Gasteiger partial charge >= 0.3 is 5.97 Å². The zero-order valence-corrected chi connectivity index (χ0v) is 14.3. The van der Waals surface area contributed by atoms with E-state index >= 15 is 0 Å². The van der Waals surface area contributed by atoms with Crippen LogP contribution in [0.3, 0.4) is 0 Å². The molecular formula is C13H11BrClNO4S. The summed E-state index contributed by atoms with van der Waals surface area (Å²) < 4.78 is 31.1. The molecule has 0 saturated carbocycles. The van der Waals surface area contributed by atoms with Crippen LogP contribution in [0, 0.1) is 6.92 Å². The topological polar surface area (TPSA) is 65.4 Å². The van der Waals surface area contributed by atoms with E-state index in [4.69, 9.17) is 11.6 Å². The van der Waals surface area contributed by atoms with Crippen molar-refractivity contribution in [2.45, 2.75) is 11.8 Å². The minimum Gasteiger partial charge on any atom is -0.465 e. The lowest BCUT2D eigenvalue weighted by atomic mass is 10.2. The predicted octanol–water partition coefficient (Wildman–Crippen LogP) is 3.24. The molecule has 0 spiro atoms. The number of benzene rings is 1. The third-order valence-corrected chi connectivity index (χ3v) is 6.01. The summed E-state index contributed by atoms with van der Waals surface area (Å²) >= 11 is 9.02. The number of ether oxygens (including phenoxy) is 1. The molecule has 112 valence electrons. The van der Waals surface area contributed by atoms with Gasteiger partial charge in [-0.25, -0.2) is 17.2 Å². The lowest BCUT2D eigenvalue weighted by molar-refractivity contribution is 0.0600. The third kappa shape index (κ3) is 2.86. The van der Waals surface area contributed by atoms with Gasteiger partial charge in [0.25, 0.3) is 10.0 Å². The highest BCUT2D eigenvalue weighted by Gasteiger charge is 2.25. The summed E-state index contributed by atoms with van der Waals surface area (Å²) in [6.07, 6.45) is 1.22. The lowest BCUT2D eigenvalue weighted by Crippen LogP contribution is -2.12. The van der Waals surface area contributed by atoms with Gasteiger partial charge in [0.1, 0.15) is 4.60 Å². The van der Waals surface area contributed by atoms with E-state index < -0.39 is 16.0 Å². The summed E-state index contributed by atoms with van der Waals surface area (Å²) in [6.45, 7) is 1.63. The minimum atomic E-state index is -3.86. The van der Waals surface area contributed by atoms with Crippen LogP contribution < -0.4 is 0 Å². The number of halogens is 2. The van der Waals surface area contributed by atoms with E-state index in [1.807, 2.05) is 0 Å². The maximum atomic E-state index is 12.6. The standard InChI is InChI=1S/C13H11BrClNO4S/c1-8-11(13(17)20-2)7-16(12(8)14)21(18,19)10-5-3-4-9(15)6-10/h3-7H,1-2H3. The summed E-state index contributed by atoms with van der Waals surface area (Å²) in [5, 5.41) is 0.310. The second-order valence-corrected chi connectivity index (χ2v) is 7.21. The molecule has 0 unspecified atom stereocenters. The second-order valence-electron chi connectivity index (χ2n) is 4.21. The number of hydrogen-bond acceptors (Lipinski definition) is 4. The predicted molar refractivity (Wildman–Crippen MR) is 82.2 cm³/mol. The molecule has 0 fully saturated rings. The number of carbonyl (C=O) groups is 1. The molecule has 0 radical (unpaired) electrons. The van der Waals surface area contributed by atoms with Gasteiger partial charge in [-0.15, -0.1) is 0 Å². The van der Waals surface area contributed by atoms with Crippen molar-refractivity contribution in [2.75, 3.05) is 7.11 Å². The SMILES string of the molecule is COC(=O)c1cn(S(=O)(=O)c2cccc(Cl)c2)c(Br)c1C. The van der Waals surface area contributed by atoms with E-state index in [0.29, 0.717) is 10.6 Å². The average Bonchev–Trinajstić information content (AvgIpc) is 2.75. The van der Waals surface area contributed by atoms with Gasteiger partial charge in [0.2, 0.25) is 0 Å². The van der Waals surface area contributed by atoms with Crippen LogP contribution >= 0.6 is 27.5 Å². The van der Waals surface area contributed by atoms with E-state index in [1.165, 1.54) is 25.4 Å². The van der Waals surface area contributed by atoms with Crippen molar-refractivity contribution in [1.82, 2.24) is 3.97 Å². The zero-order chi connectivity index (χ0) is 15.8. The van der Waals surface area contributed by atoms with Crippen LogP contribution in [0.4, 0.5) is 0 Å². The molecule has 1 aromatic carbocycles. The number of hydrogen-bond donors (Lipinski definition) is 0. The first-order valence-electron chi connectivity index (χ1n) is 5.76. The maximum absolute atomic E-state index is 12.6. The van der Waals surface area contributed by atoms with Crippen molar-refractivity contribution < 1.29 is 17.9 Å². The van der Waals surface area contributed by atoms with E-state index in [9.17, 15) is 13.2 Å². The van der Waals surface area contributed by atoms with Gasteiger partial charge in [-0.1, -0.05) is 17.7 Å². The Morgan fingerprint density at radius 2 is 2.05 bits per heavy atom. The van der Waals surface area contributed by atoms with Crippen LogP contribution in [0.5, 0.6) is 0 Å². The molecule has 0 aliphatic carbocycles. The van der Waals surface area contributed by atoms with Crippen LogP contribution in [-0.4, -0.2) is 25.5 Å². The summed E-state index contributed by atoms with van der Waals surface area (Å²) in [5.41, 5.74) is 0.655. The van der Waals surface area contributed by atoms with Gasteiger partial charge in [0.15, 0.2) is 0 Å². The van der Waals surface area contributed by atoms with Crippen LogP contribution in [0.15, 0.2) is 40.0 Å². The zero-order valence-electron chi connectivity index (χ0n) is 11.1. The summed E-state index contributed by atoms with van der Waals surface area (Å²) in [5.74, 6) is -0.603. The highest BCUT2D eigenvalue weighted by atomic mass is 79.9. The van der Waals surface area contributed by atoms with Crippen molar-refractivity contribution in [2.24, 2.45) is 0 Å². The molecule has 2 aromatic rings. The molecule has 1 aromatic heterocycles. The first kappa shape index (κ1) is 16.1. The largest absolute Gasteiger partial charge is 0.465 e. The molecular weight excluding hydrogens is 382 g/mol. The molecule has 0 amide bonds. The van der Waals surface area contributed by atoms with E-state index in [1.54, 1.807) is 19.1 Å². The fourth-order valence-electron chi connectivity index (χ4n) is 1.78. The van der Waals surface area contributed by atoms with E-state index in [-0.39, 0.29) is 15.1 Å². The van der Waals surface area contributed by atoms with E-state index in [0.717, 1.165) is 3.97 Å². The molecule has 5 nitrogen and oxygen atoms in total. The molecule has 0 saturated heterocycles. The van der Waals surface area contributed by atoms with Crippen molar-refractivity contribution in [3.8, 4) is 0 Å². The molecule has 0 aliphatic heterocycles. The molecule has 0 N–H and O–H groups in total. The average molecular weight is 393 g/mol. The highest BCUT2D eigenvalue weighted by molar-refractivity contribution is 9.10. The van der Waals surface area contributed by atoms with Crippen molar-refractivity contribution in [1.29, 1.82) is 0 Å². The van der Waals surface area contributed by atoms with Gasteiger partial charge in [-0.05, 0) is 46.6 Å². The van der Waals surface area contributed by atoms with Crippen LogP contribution in [0.2, 0.25) is 5.02 Å². The number of methoxy groups -OCH3 is 1. The summed E-state index contributed by atoms with van der Waals surface area (Å²) in [6, 6.07) is 5.90. The third-order valence-electron chi connectivity index (χ3n) is 2.91. The number of rotatable bonds is 3. The number of nitrogens with zero attached hydrogens (tertiary/aromatic N) is 1. The molecule has 2 rings (SSSR count). The lowest BCUT2D eigenvalue weighted by Gasteiger charge is -2.07. The number of carbonyl (C=O) groups excluding carboxylic acids is 1. The normalized spacial score (nSPS) is 11.4. The molecule has 0 aliphatic rings. The first-order valence-corrected chi connectivity index (χ1v) is 8.37. The van der Waals surface area contributed by atoms with Gasteiger partial charge in [-0.2, -0.15) is 0 Å². The Kier molecular flexibility index (Phi) is 4.46. The quantitative estimate of drug-likeness (QED) is 0.752. The smallest absolute Gasteiger partial charge is 0.339 e. The molecule has 0 atom stereocenters. The monoisotopic (exact) mass is 391 g/mol. The van der Waals surface area contributed by atoms with Crippen molar-refractivity contribution >= 4 is 43.5 Å². The Bertz CT molecular complexity index is 814. The van der Waals surface area contributed by atoms with Crippen LogP contribution in [0.25, 0.3) is 0 Å². The Morgan fingerprint density at radius 3 is 2.62 bits per heavy atom. The van der Waals surface area contributed by atoms with Crippen molar-refractivity contribution in [3.05, 3.63) is 51.2 Å². The second kappa shape index (κ2) is 5.82. The number of esters is 1. The first-order chi connectivity index (χ1) is 9.78. The Labute approximate surface area is 135 Å². The highest BCUT2D eigenvalue weighted by Crippen LogP contribution is 2.28. The van der Waals surface area contributed by atoms with Gasteiger partial charge in [0.05, 0.1) is 17.6 Å². The summed E-state index contributed by atoms with van der Waals surface area (Å²) in [4.78, 5) is 11.7. The summed E-state index contributed by atoms with van der Waals surface area (Å²) in [7, 11) is -2.62. The van der Waals surface area contributed by atoms with Crippen LogP contribution in [-0.2, 0) is 14.8 Å². The maximum Gasteiger partial charge on any atom is 0.339 e. The van der Waals surface area contributed by atoms with Crippen LogP contribution in [0.1, 0.15) is 15.9 Å². The molecule has 8 heteroatoms. The Balaban J connectivity index is 2.64. The van der Waals surface area contributed by atoms with Gasteiger partial charge in [0, 0.05) is 11.2 Å². The van der Waals surface area contributed by atoms with Gasteiger partial charge in [-0.3, -0.25) is 0 Å². The Morgan fingerprint density at radius 1 is 1.38 bits per heavy atom. The van der Waals surface area contributed by atoms with Crippen molar-refractivity contribution in [3.63, 3.8) is 0 Å². The minimum absolute atomic E-state index is 0.0297.